The highest BCUT2D eigenvalue weighted by atomic mass is 16.1. The van der Waals surface area contributed by atoms with Gasteiger partial charge in [-0.05, 0) is 12.2 Å². The fourth-order valence-electron chi connectivity index (χ4n) is 0.767. The number of rotatable bonds is 2. The second-order valence-electron chi connectivity index (χ2n) is 1.90. The van der Waals surface area contributed by atoms with Gasteiger partial charge in [0, 0.05) is 6.42 Å². The molecule has 0 saturated heterocycles. The Bertz CT molecular complexity index is 283. The molecule has 0 atom stereocenters. The summed E-state index contributed by atoms with van der Waals surface area (Å²) in [5, 5.41) is 0. The summed E-state index contributed by atoms with van der Waals surface area (Å²) in [4.78, 5) is 26.3. The molecule has 0 saturated carbocycles. The standard InChI is InChI=1S/C7H4N2O2/c10-4-8-6-1-2-7(3-6)9-5-11/h1-2H,3H2. The van der Waals surface area contributed by atoms with Crippen LogP contribution in [0.4, 0.5) is 0 Å². The predicted molar refractivity (Wildman–Crippen MR) is 37.0 cm³/mol. The van der Waals surface area contributed by atoms with Crippen LogP contribution < -0.4 is 0 Å². The van der Waals surface area contributed by atoms with Gasteiger partial charge in [-0.1, -0.05) is 0 Å². The first-order valence-corrected chi connectivity index (χ1v) is 2.92. The number of aliphatic imine (C=N–C) groups is 2. The van der Waals surface area contributed by atoms with Gasteiger partial charge < -0.3 is 0 Å². The van der Waals surface area contributed by atoms with Crippen molar-refractivity contribution in [1.29, 1.82) is 0 Å². The van der Waals surface area contributed by atoms with Crippen molar-refractivity contribution in [3.05, 3.63) is 23.5 Å². The van der Waals surface area contributed by atoms with E-state index in [0.29, 0.717) is 17.8 Å². The first-order valence-electron chi connectivity index (χ1n) is 2.92. The van der Waals surface area contributed by atoms with Crippen LogP contribution in [0.25, 0.3) is 0 Å². The molecule has 11 heavy (non-hydrogen) atoms. The molecule has 4 heteroatoms. The van der Waals surface area contributed by atoms with E-state index in [0.717, 1.165) is 0 Å². The second kappa shape index (κ2) is 3.42. The fraction of sp³-hybridized carbons (Fsp3) is 0.143. The van der Waals surface area contributed by atoms with E-state index in [1.807, 2.05) is 0 Å². The lowest BCUT2D eigenvalue weighted by molar-refractivity contribution is 0.564. The molecule has 1 rings (SSSR count). The van der Waals surface area contributed by atoms with Crippen molar-refractivity contribution in [3.63, 3.8) is 0 Å². The van der Waals surface area contributed by atoms with Crippen molar-refractivity contribution >= 4 is 12.2 Å². The van der Waals surface area contributed by atoms with Crippen LogP contribution >= 0.6 is 0 Å². The summed E-state index contributed by atoms with van der Waals surface area (Å²) in [7, 11) is 0. The molecule has 0 unspecified atom stereocenters. The summed E-state index contributed by atoms with van der Waals surface area (Å²) in [6.45, 7) is 0. The maximum absolute atomic E-state index is 9.76. The SMILES string of the molecule is O=C=NC1=CC=C(N=C=O)C1. The first-order chi connectivity index (χ1) is 5.36. The summed E-state index contributed by atoms with van der Waals surface area (Å²) >= 11 is 0. The fourth-order valence-corrected chi connectivity index (χ4v) is 0.767. The number of allylic oxidation sites excluding steroid dienone is 2. The third kappa shape index (κ3) is 1.83. The maximum Gasteiger partial charge on any atom is 0.240 e. The van der Waals surface area contributed by atoms with Crippen molar-refractivity contribution in [1.82, 2.24) is 0 Å². The van der Waals surface area contributed by atoms with Crippen molar-refractivity contribution in [3.8, 4) is 0 Å². The van der Waals surface area contributed by atoms with E-state index in [2.05, 4.69) is 9.98 Å². The zero-order chi connectivity index (χ0) is 8.10. The van der Waals surface area contributed by atoms with Crippen molar-refractivity contribution in [2.24, 2.45) is 9.98 Å². The van der Waals surface area contributed by atoms with Crippen LogP contribution in [0.3, 0.4) is 0 Å². The molecule has 1 aliphatic carbocycles. The molecule has 0 radical (unpaired) electrons. The zero-order valence-corrected chi connectivity index (χ0v) is 5.57. The number of isocyanates is 2. The number of nitrogens with zero attached hydrogens (tertiary/aromatic N) is 2. The molecule has 0 N–H and O–H groups in total. The van der Waals surface area contributed by atoms with Crippen LogP contribution in [0.2, 0.25) is 0 Å². The molecular weight excluding hydrogens is 144 g/mol. The van der Waals surface area contributed by atoms with Gasteiger partial charge >= 0.3 is 0 Å². The Kier molecular flexibility index (Phi) is 2.28. The van der Waals surface area contributed by atoms with Crippen molar-refractivity contribution in [2.45, 2.75) is 6.42 Å². The van der Waals surface area contributed by atoms with E-state index in [1.54, 1.807) is 12.2 Å². The van der Waals surface area contributed by atoms with E-state index in [-0.39, 0.29) is 0 Å². The van der Waals surface area contributed by atoms with Gasteiger partial charge in [-0.3, -0.25) is 0 Å². The normalized spacial score (nSPS) is 14.2. The molecule has 1 aliphatic rings. The smallest absolute Gasteiger partial charge is 0.211 e. The number of hydrogen-bond acceptors (Lipinski definition) is 4. The van der Waals surface area contributed by atoms with E-state index >= 15 is 0 Å². The van der Waals surface area contributed by atoms with Crippen molar-refractivity contribution < 1.29 is 9.59 Å². The van der Waals surface area contributed by atoms with Crippen LogP contribution in [0.5, 0.6) is 0 Å². The number of carbonyl (C=O) groups excluding carboxylic acids is 2. The molecule has 0 aromatic carbocycles. The second-order valence-corrected chi connectivity index (χ2v) is 1.90. The minimum absolute atomic E-state index is 0.407. The van der Waals surface area contributed by atoms with Crippen LogP contribution in [-0.4, -0.2) is 12.2 Å². The summed E-state index contributed by atoms with van der Waals surface area (Å²) in [6, 6.07) is 0. The van der Waals surface area contributed by atoms with Gasteiger partial charge in [0.05, 0.1) is 11.4 Å². The summed E-state index contributed by atoms with van der Waals surface area (Å²) in [5.74, 6) is 0. The molecule has 0 aliphatic heterocycles. The minimum Gasteiger partial charge on any atom is -0.211 e. The van der Waals surface area contributed by atoms with Crippen molar-refractivity contribution in [2.75, 3.05) is 0 Å². The average Bonchev–Trinajstić information content (AvgIpc) is 2.38. The third-order valence-electron chi connectivity index (χ3n) is 1.21. The molecule has 0 aromatic rings. The lowest BCUT2D eigenvalue weighted by atomic mass is 10.3. The van der Waals surface area contributed by atoms with Gasteiger partial charge in [0.25, 0.3) is 0 Å². The van der Waals surface area contributed by atoms with E-state index in [1.165, 1.54) is 12.2 Å². The summed E-state index contributed by atoms with van der Waals surface area (Å²) in [5.41, 5.74) is 1.13. The molecule has 54 valence electrons. The monoisotopic (exact) mass is 148 g/mol. The molecule has 0 aromatic heterocycles. The quantitative estimate of drug-likeness (QED) is 0.430. The molecule has 4 nitrogen and oxygen atoms in total. The summed E-state index contributed by atoms with van der Waals surface area (Å²) < 4.78 is 0. The maximum atomic E-state index is 9.76. The average molecular weight is 148 g/mol. The summed E-state index contributed by atoms with van der Waals surface area (Å²) in [6.07, 6.45) is 6.44. The molecule has 0 spiro atoms. The topological polar surface area (TPSA) is 58.9 Å². The van der Waals surface area contributed by atoms with Gasteiger partial charge in [0.1, 0.15) is 0 Å². The van der Waals surface area contributed by atoms with Crippen LogP contribution in [0.1, 0.15) is 6.42 Å². The Balaban J connectivity index is 2.65. The Labute approximate surface area is 62.7 Å². The molecule has 0 fully saturated rings. The molecule has 0 bridgehead atoms. The number of hydrogen-bond donors (Lipinski definition) is 0. The minimum atomic E-state index is 0.407. The lowest BCUT2D eigenvalue weighted by Gasteiger charge is -1.87. The predicted octanol–water partition coefficient (Wildman–Crippen LogP) is 0.829. The van der Waals surface area contributed by atoms with Gasteiger partial charge in [-0.15, -0.1) is 0 Å². The van der Waals surface area contributed by atoms with Crippen LogP contribution in [0.15, 0.2) is 33.5 Å². The van der Waals surface area contributed by atoms with Crippen LogP contribution in [-0.2, 0) is 9.59 Å². The first kappa shape index (κ1) is 7.35. The highest BCUT2D eigenvalue weighted by Gasteiger charge is 2.05. The highest BCUT2D eigenvalue weighted by molar-refractivity contribution is 5.44. The highest BCUT2D eigenvalue weighted by Crippen LogP contribution is 2.19. The van der Waals surface area contributed by atoms with Gasteiger partial charge in [0.15, 0.2) is 0 Å². The van der Waals surface area contributed by atoms with Crippen LogP contribution in [0, 0.1) is 0 Å². The zero-order valence-electron chi connectivity index (χ0n) is 5.57. The largest absolute Gasteiger partial charge is 0.240 e. The third-order valence-corrected chi connectivity index (χ3v) is 1.21. The Morgan fingerprint density at radius 3 is 1.91 bits per heavy atom. The van der Waals surface area contributed by atoms with E-state index < -0.39 is 0 Å². The molecule has 0 heterocycles. The molecular formula is C7H4N2O2. The van der Waals surface area contributed by atoms with Gasteiger partial charge in [-0.2, -0.15) is 9.98 Å². The Morgan fingerprint density at radius 1 is 1.09 bits per heavy atom. The Morgan fingerprint density at radius 2 is 1.55 bits per heavy atom. The Hall–Kier alpha value is -1.76. The molecule has 0 amide bonds. The van der Waals surface area contributed by atoms with Gasteiger partial charge in [-0.25, -0.2) is 9.59 Å². The van der Waals surface area contributed by atoms with E-state index in [4.69, 9.17) is 0 Å². The van der Waals surface area contributed by atoms with Gasteiger partial charge in [0.2, 0.25) is 12.2 Å². The van der Waals surface area contributed by atoms with E-state index in [9.17, 15) is 9.59 Å². The lowest BCUT2D eigenvalue weighted by Crippen LogP contribution is -1.74.